The second kappa shape index (κ2) is 5.33. The molecule has 0 saturated heterocycles. The van der Waals surface area contributed by atoms with Gasteiger partial charge in [-0.15, -0.1) is 0 Å². The molecule has 0 aliphatic carbocycles. The molecule has 3 rings (SSSR count). The van der Waals surface area contributed by atoms with Crippen LogP contribution in [0.5, 0.6) is 0 Å². The fraction of sp³-hybridized carbons (Fsp3) is 0.111. The Morgan fingerprint density at radius 2 is 1.70 bits per heavy atom. The highest BCUT2D eigenvalue weighted by Gasteiger charge is 2.01. The largest absolute Gasteiger partial charge is 0.381 e. The van der Waals surface area contributed by atoms with Crippen molar-refractivity contribution in [2.75, 3.05) is 5.32 Å². The number of halogens is 1. The smallest absolute Gasteiger partial charge is 0.125 e. The van der Waals surface area contributed by atoms with Gasteiger partial charge in [-0.25, -0.2) is 4.39 Å². The Morgan fingerprint density at radius 3 is 2.55 bits per heavy atom. The Hall–Kier alpha value is -2.35. The molecule has 0 atom stereocenters. The van der Waals surface area contributed by atoms with Gasteiger partial charge in [-0.1, -0.05) is 42.5 Å². The summed E-state index contributed by atoms with van der Waals surface area (Å²) in [5, 5.41) is 5.75. The van der Waals surface area contributed by atoms with Gasteiger partial charge in [0.1, 0.15) is 5.82 Å². The van der Waals surface area contributed by atoms with Crippen molar-refractivity contribution in [3.05, 3.63) is 77.6 Å². The molecule has 0 radical (unpaired) electrons. The summed E-state index contributed by atoms with van der Waals surface area (Å²) in [4.78, 5) is 0. The standard InChI is InChI=1S/C18H16FN/c1-13-6-9-17(19)11-18(13)20-12-14-7-8-15-4-2-3-5-16(15)10-14/h2-11,20H,12H2,1H3. The van der Waals surface area contributed by atoms with Crippen LogP contribution in [0, 0.1) is 12.7 Å². The van der Waals surface area contributed by atoms with Crippen molar-refractivity contribution in [3.63, 3.8) is 0 Å². The Balaban J connectivity index is 1.81. The quantitative estimate of drug-likeness (QED) is 0.710. The van der Waals surface area contributed by atoms with Crippen LogP contribution in [0.25, 0.3) is 10.8 Å². The van der Waals surface area contributed by atoms with E-state index in [0.29, 0.717) is 6.54 Å². The summed E-state index contributed by atoms with van der Waals surface area (Å²) in [6, 6.07) is 19.5. The van der Waals surface area contributed by atoms with Crippen LogP contribution in [0.2, 0.25) is 0 Å². The van der Waals surface area contributed by atoms with Crippen LogP contribution in [0.15, 0.2) is 60.7 Å². The molecule has 0 unspecified atom stereocenters. The zero-order valence-electron chi connectivity index (χ0n) is 11.4. The van der Waals surface area contributed by atoms with E-state index in [2.05, 4.69) is 35.6 Å². The van der Waals surface area contributed by atoms with E-state index >= 15 is 0 Å². The van der Waals surface area contributed by atoms with Crippen molar-refractivity contribution in [3.8, 4) is 0 Å². The van der Waals surface area contributed by atoms with Gasteiger partial charge in [0.05, 0.1) is 0 Å². The van der Waals surface area contributed by atoms with Gasteiger partial charge in [0.15, 0.2) is 0 Å². The lowest BCUT2D eigenvalue weighted by Gasteiger charge is -2.10. The van der Waals surface area contributed by atoms with Gasteiger partial charge in [0.25, 0.3) is 0 Å². The first-order chi connectivity index (χ1) is 9.72. The average molecular weight is 265 g/mol. The number of aryl methyl sites for hydroxylation is 1. The monoisotopic (exact) mass is 265 g/mol. The molecule has 0 fully saturated rings. The van der Waals surface area contributed by atoms with Gasteiger partial charge >= 0.3 is 0 Å². The van der Waals surface area contributed by atoms with E-state index in [4.69, 9.17) is 0 Å². The normalized spacial score (nSPS) is 10.7. The highest BCUT2D eigenvalue weighted by Crippen LogP contribution is 2.19. The lowest BCUT2D eigenvalue weighted by molar-refractivity contribution is 0.628. The molecule has 0 bridgehead atoms. The van der Waals surface area contributed by atoms with Gasteiger partial charge in [-0.05, 0) is 47.0 Å². The fourth-order valence-electron chi connectivity index (χ4n) is 2.33. The molecule has 0 aliphatic rings. The molecule has 1 nitrogen and oxygen atoms in total. The summed E-state index contributed by atoms with van der Waals surface area (Å²) in [6.07, 6.45) is 0. The van der Waals surface area contributed by atoms with Gasteiger partial charge in [0, 0.05) is 12.2 Å². The number of hydrogen-bond donors (Lipinski definition) is 1. The molecule has 3 aromatic carbocycles. The molecule has 1 N–H and O–H groups in total. The first-order valence-corrected chi connectivity index (χ1v) is 6.70. The molecular weight excluding hydrogens is 249 g/mol. The van der Waals surface area contributed by atoms with E-state index in [1.165, 1.54) is 28.5 Å². The fourth-order valence-corrected chi connectivity index (χ4v) is 2.33. The predicted molar refractivity (Wildman–Crippen MR) is 82.4 cm³/mol. The molecule has 100 valence electrons. The molecule has 0 spiro atoms. The van der Waals surface area contributed by atoms with Crippen molar-refractivity contribution in [2.24, 2.45) is 0 Å². The highest BCUT2D eigenvalue weighted by atomic mass is 19.1. The van der Waals surface area contributed by atoms with Gasteiger partial charge in [-0.2, -0.15) is 0 Å². The topological polar surface area (TPSA) is 12.0 Å². The van der Waals surface area contributed by atoms with Crippen LogP contribution < -0.4 is 5.32 Å². The summed E-state index contributed by atoms with van der Waals surface area (Å²) >= 11 is 0. The molecule has 0 amide bonds. The van der Waals surface area contributed by atoms with Crippen molar-refractivity contribution < 1.29 is 4.39 Å². The Kier molecular flexibility index (Phi) is 3.38. The van der Waals surface area contributed by atoms with E-state index in [1.54, 1.807) is 6.07 Å². The second-order valence-electron chi connectivity index (χ2n) is 4.99. The van der Waals surface area contributed by atoms with Crippen molar-refractivity contribution in [1.29, 1.82) is 0 Å². The van der Waals surface area contributed by atoms with Crippen molar-refractivity contribution in [2.45, 2.75) is 13.5 Å². The summed E-state index contributed by atoms with van der Waals surface area (Å²) < 4.78 is 13.2. The summed E-state index contributed by atoms with van der Waals surface area (Å²) in [7, 11) is 0. The van der Waals surface area contributed by atoms with Gasteiger partial charge < -0.3 is 5.32 Å². The van der Waals surface area contributed by atoms with E-state index in [1.807, 2.05) is 19.1 Å². The van der Waals surface area contributed by atoms with Gasteiger partial charge in [0.2, 0.25) is 0 Å². The van der Waals surface area contributed by atoms with E-state index in [0.717, 1.165) is 11.3 Å². The van der Waals surface area contributed by atoms with Crippen LogP contribution in [-0.4, -0.2) is 0 Å². The molecule has 0 heterocycles. The first kappa shape index (κ1) is 12.7. The second-order valence-corrected chi connectivity index (χ2v) is 4.99. The number of benzene rings is 3. The van der Waals surface area contributed by atoms with E-state index < -0.39 is 0 Å². The lowest BCUT2D eigenvalue weighted by Crippen LogP contribution is -2.01. The average Bonchev–Trinajstić information content (AvgIpc) is 2.48. The summed E-state index contributed by atoms with van der Waals surface area (Å²) in [5.74, 6) is -0.211. The highest BCUT2D eigenvalue weighted by molar-refractivity contribution is 5.83. The number of fused-ring (bicyclic) bond motifs is 1. The SMILES string of the molecule is Cc1ccc(F)cc1NCc1ccc2ccccc2c1. The Labute approximate surface area is 118 Å². The molecule has 20 heavy (non-hydrogen) atoms. The first-order valence-electron chi connectivity index (χ1n) is 6.70. The molecule has 2 heteroatoms. The number of hydrogen-bond acceptors (Lipinski definition) is 1. The maximum absolute atomic E-state index is 13.2. The minimum absolute atomic E-state index is 0.211. The Morgan fingerprint density at radius 1 is 0.900 bits per heavy atom. The van der Waals surface area contributed by atoms with Crippen molar-refractivity contribution in [1.82, 2.24) is 0 Å². The Bertz CT molecular complexity index is 749. The molecule has 0 aliphatic heterocycles. The maximum Gasteiger partial charge on any atom is 0.125 e. The van der Waals surface area contributed by atoms with Crippen LogP contribution in [0.1, 0.15) is 11.1 Å². The van der Waals surface area contributed by atoms with Gasteiger partial charge in [-0.3, -0.25) is 0 Å². The zero-order chi connectivity index (χ0) is 13.9. The summed E-state index contributed by atoms with van der Waals surface area (Å²) in [6.45, 7) is 2.66. The van der Waals surface area contributed by atoms with Crippen LogP contribution in [0.4, 0.5) is 10.1 Å². The van der Waals surface area contributed by atoms with Crippen molar-refractivity contribution >= 4 is 16.5 Å². The molecule has 0 aromatic heterocycles. The maximum atomic E-state index is 13.2. The number of anilines is 1. The van der Waals surface area contributed by atoms with Crippen LogP contribution >= 0.6 is 0 Å². The third kappa shape index (κ3) is 2.64. The summed E-state index contributed by atoms with van der Waals surface area (Å²) in [5.41, 5.74) is 3.08. The van der Waals surface area contributed by atoms with Crippen LogP contribution in [0.3, 0.4) is 0 Å². The molecule has 3 aromatic rings. The minimum Gasteiger partial charge on any atom is -0.381 e. The predicted octanol–water partition coefficient (Wildman–Crippen LogP) is 4.90. The van der Waals surface area contributed by atoms with E-state index in [-0.39, 0.29) is 5.82 Å². The minimum atomic E-state index is -0.211. The number of rotatable bonds is 3. The third-order valence-electron chi connectivity index (χ3n) is 3.50. The molecular formula is C18H16FN. The third-order valence-corrected chi connectivity index (χ3v) is 3.50. The zero-order valence-corrected chi connectivity index (χ0v) is 11.4. The van der Waals surface area contributed by atoms with Crippen LogP contribution in [-0.2, 0) is 6.54 Å². The lowest BCUT2D eigenvalue weighted by atomic mass is 10.1. The number of nitrogens with one attached hydrogen (secondary N) is 1. The molecule has 0 saturated carbocycles. The van der Waals surface area contributed by atoms with E-state index in [9.17, 15) is 4.39 Å².